The summed E-state index contributed by atoms with van der Waals surface area (Å²) in [6.07, 6.45) is 1.59. The average Bonchev–Trinajstić information content (AvgIpc) is 2.77. The third kappa shape index (κ3) is 1.54. The fraction of sp³-hybridized carbons (Fsp3) is 0.143. The molecule has 3 rings (SSSR count). The molecular weight excluding hydrogens is 228 g/mol. The summed E-state index contributed by atoms with van der Waals surface area (Å²) in [4.78, 5) is 14.9. The molecule has 0 aliphatic carbocycles. The molecule has 1 aromatic carbocycles. The van der Waals surface area contributed by atoms with Crippen LogP contribution in [-0.2, 0) is 9.53 Å². The molecule has 0 N–H and O–H groups in total. The van der Waals surface area contributed by atoms with Crippen LogP contribution in [0.2, 0.25) is 0 Å². The predicted octanol–water partition coefficient (Wildman–Crippen LogP) is 2.63. The summed E-state index contributed by atoms with van der Waals surface area (Å²) in [6, 6.07) is 11.7. The number of rotatable bonds is 3. The normalized spacial score (nSPS) is 12.7. The Labute approximate surface area is 104 Å². The van der Waals surface area contributed by atoms with E-state index in [1.807, 2.05) is 47.0 Å². The van der Waals surface area contributed by atoms with Crippen LogP contribution in [0.1, 0.15) is 18.6 Å². The van der Waals surface area contributed by atoms with Gasteiger partial charge in [0.15, 0.2) is 0 Å². The molecule has 1 unspecified atom stereocenters. The van der Waals surface area contributed by atoms with Crippen LogP contribution in [0.25, 0.3) is 16.7 Å². The highest BCUT2D eigenvalue weighted by Crippen LogP contribution is 2.24. The standard InChI is InChI=1S/C14H11N2O2/c1-10(18-9-17)11-5-4-8-16-13-7-3-2-6-12(13)15-14(11)16/h2-8,10H,1H3. The summed E-state index contributed by atoms with van der Waals surface area (Å²) in [5, 5.41) is 0. The fourth-order valence-corrected chi connectivity index (χ4v) is 2.16. The minimum atomic E-state index is -0.358. The Kier molecular flexibility index (Phi) is 2.48. The molecule has 4 heteroatoms. The van der Waals surface area contributed by atoms with Crippen molar-refractivity contribution in [3.8, 4) is 0 Å². The molecule has 0 saturated carbocycles. The first-order valence-corrected chi connectivity index (χ1v) is 5.70. The number of aromatic nitrogens is 2. The number of nitrogens with zero attached hydrogens (tertiary/aromatic N) is 2. The van der Waals surface area contributed by atoms with Crippen molar-refractivity contribution >= 4 is 23.2 Å². The molecular formula is C14H11N2O2. The first-order chi connectivity index (χ1) is 8.81. The van der Waals surface area contributed by atoms with Gasteiger partial charge in [0.25, 0.3) is 0 Å². The fourth-order valence-electron chi connectivity index (χ4n) is 2.16. The van der Waals surface area contributed by atoms with Crippen LogP contribution in [0.3, 0.4) is 0 Å². The zero-order chi connectivity index (χ0) is 12.5. The van der Waals surface area contributed by atoms with Gasteiger partial charge in [-0.15, -0.1) is 0 Å². The van der Waals surface area contributed by atoms with Crippen LogP contribution < -0.4 is 0 Å². The van der Waals surface area contributed by atoms with E-state index in [4.69, 9.17) is 4.74 Å². The summed E-state index contributed by atoms with van der Waals surface area (Å²) in [5.41, 5.74) is 3.64. The molecule has 89 valence electrons. The second-order valence-electron chi connectivity index (χ2n) is 4.10. The van der Waals surface area contributed by atoms with Gasteiger partial charge < -0.3 is 4.74 Å². The molecule has 0 bridgehead atoms. The summed E-state index contributed by atoms with van der Waals surface area (Å²) in [6.45, 7) is 3.28. The maximum absolute atomic E-state index is 10.3. The Bertz CT molecular complexity index is 718. The average molecular weight is 239 g/mol. The molecule has 0 fully saturated rings. The molecule has 3 aromatic rings. The second-order valence-corrected chi connectivity index (χ2v) is 4.10. The van der Waals surface area contributed by atoms with Crippen molar-refractivity contribution in [1.29, 1.82) is 0 Å². The number of pyridine rings is 1. The third-order valence-corrected chi connectivity index (χ3v) is 3.03. The van der Waals surface area contributed by atoms with Crippen molar-refractivity contribution < 1.29 is 9.53 Å². The predicted molar refractivity (Wildman–Crippen MR) is 67.9 cm³/mol. The number of fused-ring (bicyclic) bond motifs is 3. The Morgan fingerprint density at radius 3 is 2.94 bits per heavy atom. The summed E-state index contributed by atoms with van der Waals surface area (Å²) >= 11 is 0. The van der Waals surface area contributed by atoms with Gasteiger partial charge in [0, 0.05) is 11.8 Å². The topological polar surface area (TPSA) is 43.6 Å². The van der Waals surface area contributed by atoms with E-state index in [9.17, 15) is 4.79 Å². The van der Waals surface area contributed by atoms with E-state index < -0.39 is 0 Å². The molecule has 0 aliphatic rings. The van der Waals surface area contributed by atoms with Crippen LogP contribution in [0.15, 0.2) is 42.6 Å². The van der Waals surface area contributed by atoms with E-state index in [0.29, 0.717) is 0 Å². The van der Waals surface area contributed by atoms with E-state index in [-0.39, 0.29) is 6.10 Å². The maximum Gasteiger partial charge on any atom is 0.418 e. The highest BCUT2D eigenvalue weighted by Gasteiger charge is 2.13. The molecule has 4 nitrogen and oxygen atoms in total. The van der Waals surface area contributed by atoms with E-state index in [1.54, 1.807) is 6.92 Å². The third-order valence-electron chi connectivity index (χ3n) is 3.03. The Balaban J connectivity index is 2.30. The largest absolute Gasteiger partial charge is 0.449 e. The van der Waals surface area contributed by atoms with Gasteiger partial charge in [-0.25, -0.2) is 9.78 Å². The first kappa shape index (κ1) is 10.8. The Hall–Kier alpha value is -2.36. The SMILES string of the molecule is CC(O[C]=O)c1cccn2c1nc1ccccc12. The van der Waals surface area contributed by atoms with Crippen LogP contribution in [0.5, 0.6) is 0 Å². The summed E-state index contributed by atoms with van der Waals surface area (Å²) in [5.74, 6) is 0. The molecule has 2 heterocycles. The number of carbonyl (C=O) groups excluding carboxylic acids is 1. The lowest BCUT2D eigenvalue weighted by atomic mass is 10.2. The number of imidazole rings is 1. The smallest absolute Gasteiger partial charge is 0.418 e. The lowest BCUT2D eigenvalue weighted by Crippen LogP contribution is -2.01. The molecule has 1 atom stereocenters. The van der Waals surface area contributed by atoms with Gasteiger partial charge in [0.1, 0.15) is 11.8 Å². The zero-order valence-corrected chi connectivity index (χ0v) is 9.83. The molecule has 0 saturated heterocycles. The highest BCUT2D eigenvalue weighted by atomic mass is 16.5. The van der Waals surface area contributed by atoms with Crippen LogP contribution in [-0.4, -0.2) is 15.9 Å². The molecule has 1 radical (unpaired) electrons. The zero-order valence-electron chi connectivity index (χ0n) is 9.83. The van der Waals surface area contributed by atoms with Crippen molar-refractivity contribution in [1.82, 2.24) is 9.38 Å². The van der Waals surface area contributed by atoms with Gasteiger partial charge in [0.05, 0.1) is 11.0 Å². The Morgan fingerprint density at radius 1 is 1.28 bits per heavy atom. The highest BCUT2D eigenvalue weighted by molar-refractivity contribution is 5.81. The van der Waals surface area contributed by atoms with Crippen LogP contribution >= 0.6 is 0 Å². The summed E-state index contributed by atoms with van der Waals surface area (Å²) in [7, 11) is 0. The second kappa shape index (κ2) is 4.14. The van der Waals surface area contributed by atoms with E-state index in [2.05, 4.69) is 4.98 Å². The quantitative estimate of drug-likeness (QED) is 0.705. The molecule has 18 heavy (non-hydrogen) atoms. The number of ether oxygens (including phenoxy) is 1. The molecule has 0 spiro atoms. The number of para-hydroxylation sites is 2. The van der Waals surface area contributed by atoms with Crippen molar-refractivity contribution in [3.63, 3.8) is 0 Å². The van der Waals surface area contributed by atoms with Gasteiger partial charge in [0.2, 0.25) is 0 Å². The van der Waals surface area contributed by atoms with Gasteiger partial charge in [-0.3, -0.25) is 4.40 Å². The first-order valence-electron chi connectivity index (χ1n) is 5.70. The van der Waals surface area contributed by atoms with Crippen molar-refractivity contribution in [2.75, 3.05) is 0 Å². The molecule has 0 aliphatic heterocycles. The number of hydrogen-bond donors (Lipinski definition) is 0. The van der Waals surface area contributed by atoms with Gasteiger partial charge >= 0.3 is 6.47 Å². The lowest BCUT2D eigenvalue weighted by molar-refractivity contribution is 0.198. The molecule has 0 amide bonds. The van der Waals surface area contributed by atoms with E-state index in [1.165, 1.54) is 6.47 Å². The Morgan fingerprint density at radius 2 is 2.11 bits per heavy atom. The van der Waals surface area contributed by atoms with Crippen molar-refractivity contribution in [3.05, 3.63) is 48.2 Å². The minimum absolute atomic E-state index is 0.358. The van der Waals surface area contributed by atoms with Gasteiger partial charge in [-0.2, -0.15) is 0 Å². The van der Waals surface area contributed by atoms with Gasteiger partial charge in [-0.1, -0.05) is 18.2 Å². The van der Waals surface area contributed by atoms with Crippen LogP contribution in [0.4, 0.5) is 0 Å². The van der Waals surface area contributed by atoms with Gasteiger partial charge in [-0.05, 0) is 25.1 Å². The van der Waals surface area contributed by atoms with Crippen molar-refractivity contribution in [2.24, 2.45) is 0 Å². The van der Waals surface area contributed by atoms with Crippen LogP contribution in [0, 0.1) is 0 Å². The monoisotopic (exact) mass is 239 g/mol. The number of hydrogen-bond acceptors (Lipinski definition) is 3. The van der Waals surface area contributed by atoms with Crippen molar-refractivity contribution in [2.45, 2.75) is 13.0 Å². The lowest BCUT2D eigenvalue weighted by Gasteiger charge is -2.09. The maximum atomic E-state index is 10.3. The van der Waals surface area contributed by atoms with E-state index >= 15 is 0 Å². The molecule has 2 aromatic heterocycles. The minimum Gasteiger partial charge on any atom is -0.449 e. The number of benzene rings is 1. The van der Waals surface area contributed by atoms with E-state index in [0.717, 1.165) is 22.2 Å². The summed E-state index contributed by atoms with van der Waals surface area (Å²) < 4.78 is 6.87.